The van der Waals surface area contributed by atoms with Crippen LogP contribution >= 0.6 is 23.8 Å². The summed E-state index contributed by atoms with van der Waals surface area (Å²) in [5.74, 6) is 0.369. The Morgan fingerprint density at radius 3 is 2.88 bits per heavy atom. The molecule has 1 N–H and O–H groups in total. The molecular formula is C16H23ClN2O3S2. The zero-order valence-corrected chi connectivity index (χ0v) is 16.3. The van der Waals surface area contributed by atoms with Crippen LogP contribution in [-0.2, 0) is 14.6 Å². The number of anilines is 1. The van der Waals surface area contributed by atoms with Gasteiger partial charge in [0.25, 0.3) is 0 Å². The van der Waals surface area contributed by atoms with Gasteiger partial charge in [-0.2, -0.15) is 0 Å². The van der Waals surface area contributed by atoms with Gasteiger partial charge in [0.05, 0.1) is 11.5 Å². The monoisotopic (exact) mass is 390 g/mol. The highest BCUT2D eigenvalue weighted by Crippen LogP contribution is 2.25. The molecule has 0 unspecified atom stereocenters. The molecule has 1 atom stereocenters. The molecule has 0 spiro atoms. The van der Waals surface area contributed by atoms with Gasteiger partial charge in [0.15, 0.2) is 14.9 Å². The maximum atomic E-state index is 11.8. The minimum Gasteiger partial charge on any atom is -0.385 e. The second kappa shape index (κ2) is 8.47. The lowest BCUT2D eigenvalue weighted by molar-refractivity contribution is 0.181. The van der Waals surface area contributed by atoms with E-state index in [4.69, 9.17) is 28.6 Å². The number of nitrogens with one attached hydrogen (secondary N) is 1. The number of nitrogens with zero attached hydrogens (tertiary/aromatic N) is 1. The first kappa shape index (κ1) is 19.4. The van der Waals surface area contributed by atoms with Crippen molar-refractivity contribution in [3.8, 4) is 0 Å². The number of ether oxygens (including phenoxy) is 1. The second-order valence-corrected chi connectivity index (χ2v) is 8.96. The zero-order valence-electron chi connectivity index (χ0n) is 13.9. The maximum absolute atomic E-state index is 11.8. The number of thiocarbonyl (C=S) groups is 1. The van der Waals surface area contributed by atoms with E-state index in [9.17, 15) is 8.42 Å². The third-order valence-electron chi connectivity index (χ3n) is 4.17. The lowest BCUT2D eigenvalue weighted by Crippen LogP contribution is -2.44. The molecule has 1 aromatic rings. The first-order chi connectivity index (χ1) is 11.3. The second-order valence-electron chi connectivity index (χ2n) is 5.94. The van der Waals surface area contributed by atoms with Crippen molar-refractivity contribution in [2.75, 3.05) is 37.1 Å². The molecule has 1 aromatic carbocycles. The Hall–Kier alpha value is -0.890. The van der Waals surface area contributed by atoms with Crippen molar-refractivity contribution in [1.82, 2.24) is 4.90 Å². The van der Waals surface area contributed by atoms with Crippen LogP contribution in [0.4, 0.5) is 5.69 Å². The molecule has 1 aliphatic heterocycles. The molecule has 24 heavy (non-hydrogen) atoms. The predicted molar refractivity (Wildman–Crippen MR) is 103 cm³/mol. The quantitative estimate of drug-likeness (QED) is 0.595. The van der Waals surface area contributed by atoms with Gasteiger partial charge in [-0.15, -0.1) is 0 Å². The van der Waals surface area contributed by atoms with Crippen molar-refractivity contribution < 1.29 is 13.2 Å². The molecular weight excluding hydrogens is 368 g/mol. The summed E-state index contributed by atoms with van der Waals surface area (Å²) < 4.78 is 28.7. The molecule has 1 aliphatic rings. The van der Waals surface area contributed by atoms with Crippen molar-refractivity contribution in [1.29, 1.82) is 0 Å². The van der Waals surface area contributed by atoms with Crippen LogP contribution in [0.2, 0.25) is 5.02 Å². The van der Waals surface area contributed by atoms with Gasteiger partial charge in [-0.3, -0.25) is 0 Å². The lowest BCUT2D eigenvalue weighted by atomic mass is 10.2. The highest BCUT2D eigenvalue weighted by molar-refractivity contribution is 7.91. The first-order valence-electron chi connectivity index (χ1n) is 7.86. The molecule has 0 aromatic heterocycles. The number of benzene rings is 1. The van der Waals surface area contributed by atoms with E-state index in [0.717, 1.165) is 17.7 Å². The van der Waals surface area contributed by atoms with E-state index >= 15 is 0 Å². The third-order valence-corrected chi connectivity index (χ3v) is 6.66. The van der Waals surface area contributed by atoms with Gasteiger partial charge in [-0.1, -0.05) is 17.7 Å². The Labute approximate surface area is 154 Å². The molecule has 1 fully saturated rings. The fourth-order valence-corrected chi connectivity index (χ4v) is 5.04. The van der Waals surface area contributed by atoms with Crippen LogP contribution in [-0.4, -0.2) is 56.2 Å². The summed E-state index contributed by atoms with van der Waals surface area (Å²) in [6, 6.07) is 5.50. The molecule has 0 amide bonds. The SMILES string of the molecule is COCCCN(C(=S)Nc1cccc(Cl)c1C)[C@@H]1CCS(=O)(=O)C1. The van der Waals surface area contributed by atoms with Gasteiger partial charge in [-0.25, -0.2) is 8.42 Å². The standard InChI is InChI=1S/C16H23ClN2O3S2/c1-12-14(17)5-3-6-15(12)18-16(23)19(8-4-9-22-2)13-7-10-24(20,21)11-13/h3,5-6,13H,4,7-11H2,1-2H3,(H,18,23)/t13-/m1/s1. The maximum Gasteiger partial charge on any atom is 0.173 e. The van der Waals surface area contributed by atoms with Gasteiger partial charge in [0, 0.05) is 37.0 Å². The summed E-state index contributed by atoms with van der Waals surface area (Å²) >= 11 is 11.7. The van der Waals surface area contributed by atoms with E-state index in [1.807, 2.05) is 30.0 Å². The molecule has 0 aliphatic carbocycles. The van der Waals surface area contributed by atoms with Crippen LogP contribution in [0.3, 0.4) is 0 Å². The van der Waals surface area contributed by atoms with Crippen molar-refractivity contribution in [2.45, 2.75) is 25.8 Å². The van der Waals surface area contributed by atoms with Gasteiger partial charge in [0.2, 0.25) is 0 Å². The van der Waals surface area contributed by atoms with Crippen LogP contribution in [0.5, 0.6) is 0 Å². The van der Waals surface area contributed by atoms with E-state index in [0.29, 0.717) is 29.7 Å². The Bertz CT molecular complexity index is 695. The van der Waals surface area contributed by atoms with Gasteiger partial charge < -0.3 is 15.0 Å². The molecule has 8 heteroatoms. The largest absolute Gasteiger partial charge is 0.385 e. The van der Waals surface area contributed by atoms with E-state index in [-0.39, 0.29) is 17.5 Å². The molecule has 1 heterocycles. The molecule has 134 valence electrons. The van der Waals surface area contributed by atoms with Crippen LogP contribution in [0.1, 0.15) is 18.4 Å². The van der Waals surface area contributed by atoms with Crippen LogP contribution in [0.25, 0.3) is 0 Å². The highest BCUT2D eigenvalue weighted by Gasteiger charge is 2.33. The molecule has 5 nitrogen and oxygen atoms in total. The summed E-state index contributed by atoms with van der Waals surface area (Å²) in [5, 5.41) is 4.41. The van der Waals surface area contributed by atoms with E-state index < -0.39 is 9.84 Å². The minimum atomic E-state index is -2.97. The fraction of sp³-hybridized carbons (Fsp3) is 0.562. The molecule has 0 radical (unpaired) electrons. The first-order valence-corrected chi connectivity index (χ1v) is 10.5. The van der Waals surface area contributed by atoms with E-state index in [1.54, 1.807) is 7.11 Å². The normalized spacial score (nSPS) is 19.2. The number of rotatable bonds is 6. The van der Waals surface area contributed by atoms with E-state index in [1.165, 1.54) is 0 Å². The number of hydrogen-bond acceptors (Lipinski definition) is 4. The average molecular weight is 391 g/mol. The van der Waals surface area contributed by atoms with Gasteiger partial charge in [-0.05, 0) is 49.7 Å². The number of hydrogen-bond donors (Lipinski definition) is 1. The smallest absolute Gasteiger partial charge is 0.173 e. The van der Waals surface area contributed by atoms with Crippen LogP contribution in [0, 0.1) is 6.92 Å². The minimum absolute atomic E-state index is 0.0913. The van der Waals surface area contributed by atoms with Gasteiger partial charge >= 0.3 is 0 Å². The van der Waals surface area contributed by atoms with Crippen molar-refractivity contribution in [3.05, 3.63) is 28.8 Å². The van der Waals surface area contributed by atoms with Crippen LogP contribution in [0.15, 0.2) is 18.2 Å². The van der Waals surface area contributed by atoms with Gasteiger partial charge in [0.1, 0.15) is 0 Å². The third kappa shape index (κ3) is 5.05. The summed E-state index contributed by atoms with van der Waals surface area (Å²) in [7, 11) is -1.32. The van der Waals surface area contributed by atoms with Crippen LogP contribution < -0.4 is 5.32 Å². The van der Waals surface area contributed by atoms with E-state index in [2.05, 4.69) is 5.32 Å². The Morgan fingerprint density at radius 2 is 2.25 bits per heavy atom. The summed E-state index contributed by atoms with van der Waals surface area (Å²) in [6.07, 6.45) is 1.38. The van der Waals surface area contributed by atoms with Crippen molar-refractivity contribution >= 4 is 44.5 Å². The number of halogens is 1. The molecule has 0 bridgehead atoms. The molecule has 0 saturated carbocycles. The fourth-order valence-electron chi connectivity index (χ4n) is 2.78. The Kier molecular flexibility index (Phi) is 6.86. The molecule has 1 saturated heterocycles. The highest BCUT2D eigenvalue weighted by atomic mass is 35.5. The Morgan fingerprint density at radius 1 is 1.50 bits per heavy atom. The number of sulfone groups is 1. The lowest BCUT2D eigenvalue weighted by Gasteiger charge is -2.31. The average Bonchev–Trinajstić information content (AvgIpc) is 2.88. The summed E-state index contributed by atoms with van der Waals surface area (Å²) in [5.41, 5.74) is 1.75. The summed E-state index contributed by atoms with van der Waals surface area (Å²) in [4.78, 5) is 1.97. The predicted octanol–water partition coefficient (Wildman–Crippen LogP) is 2.87. The number of methoxy groups -OCH3 is 1. The zero-order chi connectivity index (χ0) is 17.7. The van der Waals surface area contributed by atoms with Crippen molar-refractivity contribution in [2.24, 2.45) is 0 Å². The molecule has 2 rings (SSSR count). The Balaban J connectivity index is 2.13. The topological polar surface area (TPSA) is 58.6 Å². The summed E-state index contributed by atoms with van der Waals surface area (Å²) in [6.45, 7) is 3.18. The van der Waals surface area contributed by atoms with Crippen molar-refractivity contribution in [3.63, 3.8) is 0 Å².